The van der Waals surface area contributed by atoms with Crippen LogP contribution >= 0.6 is 0 Å². The van der Waals surface area contributed by atoms with E-state index in [-0.39, 0.29) is 5.82 Å². The molecule has 2 fully saturated rings. The largest absolute Gasteiger partial charge is 0.368 e. The summed E-state index contributed by atoms with van der Waals surface area (Å²) in [5.41, 5.74) is 1.94. The molecule has 0 radical (unpaired) electrons. The summed E-state index contributed by atoms with van der Waals surface area (Å²) in [6.07, 6.45) is 5.06. The van der Waals surface area contributed by atoms with Gasteiger partial charge in [0.1, 0.15) is 5.82 Å². The first-order valence-corrected chi connectivity index (χ1v) is 7.49. The van der Waals surface area contributed by atoms with Crippen molar-refractivity contribution in [3.8, 4) is 0 Å². The molecule has 0 bridgehead atoms. The third kappa shape index (κ3) is 2.76. The monoisotopic (exact) mass is 262 g/mol. The van der Waals surface area contributed by atoms with E-state index in [4.69, 9.17) is 0 Å². The fraction of sp³-hybridized carbons (Fsp3) is 0.625. The molecule has 104 valence electrons. The van der Waals surface area contributed by atoms with E-state index in [1.807, 2.05) is 19.1 Å². The van der Waals surface area contributed by atoms with Gasteiger partial charge in [-0.15, -0.1) is 0 Å². The number of rotatable bonds is 1. The van der Waals surface area contributed by atoms with Gasteiger partial charge in [-0.3, -0.25) is 4.90 Å². The maximum atomic E-state index is 14.1. The molecule has 2 saturated heterocycles. The van der Waals surface area contributed by atoms with Crippen molar-refractivity contribution in [2.75, 3.05) is 31.1 Å². The minimum absolute atomic E-state index is 0.0742. The number of halogens is 1. The van der Waals surface area contributed by atoms with Crippen molar-refractivity contribution in [2.24, 2.45) is 0 Å². The maximum Gasteiger partial charge on any atom is 0.146 e. The number of benzene rings is 1. The minimum Gasteiger partial charge on any atom is -0.368 e. The van der Waals surface area contributed by atoms with Crippen molar-refractivity contribution in [1.29, 1.82) is 0 Å². The van der Waals surface area contributed by atoms with Crippen molar-refractivity contribution in [1.82, 2.24) is 4.90 Å². The van der Waals surface area contributed by atoms with Gasteiger partial charge >= 0.3 is 0 Å². The van der Waals surface area contributed by atoms with Crippen LogP contribution in [0.3, 0.4) is 0 Å². The number of piperidine rings is 1. The molecule has 3 heteroatoms. The van der Waals surface area contributed by atoms with E-state index >= 15 is 0 Å². The van der Waals surface area contributed by atoms with Gasteiger partial charge in [0.15, 0.2) is 0 Å². The summed E-state index contributed by atoms with van der Waals surface area (Å²) in [7, 11) is 0. The van der Waals surface area contributed by atoms with E-state index in [0.717, 1.165) is 30.8 Å². The lowest BCUT2D eigenvalue weighted by Crippen LogP contribution is -2.44. The summed E-state index contributed by atoms with van der Waals surface area (Å²) in [5, 5.41) is 0. The van der Waals surface area contributed by atoms with Gasteiger partial charge in [-0.2, -0.15) is 0 Å². The van der Waals surface area contributed by atoms with Gasteiger partial charge in [-0.25, -0.2) is 4.39 Å². The Morgan fingerprint density at radius 1 is 1.11 bits per heavy atom. The van der Waals surface area contributed by atoms with E-state index in [0.29, 0.717) is 6.04 Å². The fourth-order valence-corrected chi connectivity index (χ4v) is 3.46. The molecular formula is C16H23FN2. The molecule has 1 aromatic carbocycles. The lowest BCUT2D eigenvalue weighted by Gasteiger charge is -2.36. The van der Waals surface area contributed by atoms with E-state index in [1.165, 1.54) is 32.4 Å². The topological polar surface area (TPSA) is 6.48 Å². The molecule has 2 heterocycles. The molecule has 2 aliphatic rings. The van der Waals surface area contributed by atoms with Crippen molar-refractivity contribution >= 4 is 5.69 Å². The summed E-state index contributed by atoms with van der Waals surface area (Å²) >= 11 is 0. The Morgan fingerprint density at radius 2 is 1.95 bits per heavy atom. The number of aryl methyl sites for hydroxylation is 1. The van der Waals surface area contributed by atoms with Crippen LogP contribution in [-0.4, -0.2) is 37.1 Å². The van der Waals surface area contributed by atoms with E-state index in [1.54, 1.807) is 6.07 Å². The third-order valence-corrected chi connectivity index (χ3v) is 4.50. The van der Waals surface area contributed by atoms with Crippen LogP contribution in [0.4, 0.5) is 10.1 Å². The molecule has 0 aromatic heterocycles. The van der Waals surface area contributed by atoms with Gasteiger partial charge in [0, 0.05) is 25.7 Å². The maximum absolute atomic E-state index is 14.1. The highest BCUT2D eigenvalue weighted by Crippen LogP contribution is 2.27. The number of anilines is 1. The highest BCUT2D eigenvalue weighted by molar-refractivity contribution is 5.50. The predicted octanol–water partition coefficient (Wildman–Crippen LogP) is 3.20. The van der Waals surface area contributed by atoms with Crippen LogP contribution in [0, 0.1) is 12.7 Å². The smallest absolute Gasteiger partial charge is 0.146 e. The molecule has 0 N–H and O–H groups in total. The second-order valence-electron chi connectivity index (χ2n) is 5.94. The van der Waals surface area contributed by atoms with E-state index in [9.17, 15) is 4.39 Å². The van der Waals surface area contributed by atoms with Crippen molar-refractivity contribution < 1.29 is 4.39 Å². The Labute approximate surface area is 115 Å². The Hall–Kier alpha value is -1.09. The third-order valence-electron chi connectivity index (χ3n) is 4.50. The molecule has 0 saturated carbocycles. The lowest BCUT2D eigenvalue weighted by molar-refractivity contribution is 0.162. The van der Waals surface area contributed by atoms with Gasteiger partial charge in [0.25, 0.3) is 0 Å². The molecule has 0 amide bonds. The molecule has 2 nitrogen and oxygen atoms in total. The van der Waals surface area contributed by atoms with Crippen molar-refractivity contribution in [3.63, 3.8) is 0 Å². The van der Waals surface area contributed by atoms with Gasteiger partial charge < -0.3 is 4.90 Å². The van der Waals surface area contributed by atoms with Crippen LogP contribution in [0.5, 0.6) is 0 Å². The van der Waals surface area contributed by atoms with Gasteiger partial charge in [-0.05, 0) is 50.4 Å². The van der Waals surface area contributed by atoms with Crippen LogP contribution in [0.2, 0.25) is 0 Å². The minimum atomic E-state index is -0.0742. The first kappa shape index (κ1) is 12.9. The zero-order chi connectivity index (χ0) is 13.2. The van der Waals surface area contributed by atoms with Crippen LogP contribution < -0.4 is 4.90 Å². The van der Waals surface area contributed by atoms with E-state index in [2.05, 4.69) is 9.80 Å². The molecule has 3 rings (SSSR count). The second kappa shape index (κ2) is 5.49. The van der Waals surface area contributed by atoms with Crippen LogP contribution in [-0.2, 0) is 0 Å². The molecule has 1 unspecified atom stereocenters. The van der Waals surface area contributed by atoms with E-state index < -0.39 is 0 Å². The molecule has 0 aliphatic carbocycles. The summed E-state index contributed by atoms with van der Waals surface area (Å²) in [5.74, 6) is -0.0742. The Kier molecular flexibility index (Phi) is 3.74. The average molecular weight is 262 g/mol. The summed E-state index contributed by atoms with van der Waals surface area (Å²) in [6, 6.07) is 6.07. The number of nitrogens with zero attached hydrogens (tertiary/aromatic N) is 2. The SMILES string of the molecule is Cc1ccc(F)c(N2CCCN3CCCCC3C2)c1. The molecular weight excluding hydrogens is 239 g/mol. The Bertz CT molecular complexity index is 446. The number of hydrogen-bond donors (Lipinski definition) is 0. The van der Waals surface area contributed by atoms with Crippen molar-refractivity contribution in [3.05, 3.63) is 29.6 Å². The van der Waals surface area contributed by atoms with Crippen LogP contribution in [0.15, 0.2) is 18.2 Å². The summed E-state index contributed by atoms with van der Waals surface area (Å²) in [4.78, 5) is 4.87. The second-order valence-corrected chi connectivity index (χ2v) is 5.94. The summed E-state index contributed by atoms with van der Waals surface area (Å²) < 4.78 is 14.1. The van der Waals surface area contributed by atoms with Crippen molar-refractivity contribution in [2.45, 2.75) is 38.6 Å². The Balaban J connectivity index is 1.82. The molecule has 1 aromatic rings. The van der Waals surface area contributed by atoms with Gasteiger partial charge in [0.05, 0.1) is 5.69 Å². The predicted molar refractivity (Wildman–Crippen MR) is 77.2 cm³/mol. The van der Waals surface area contributed by atoms with Gasteiger partial charge in [0.2, 0.25) is 0 Å². The van der Waals surface area contributed by atoms with Crippen LogP contribution in [0.25, 0.3) is 0 Å². The standard InChI is InChI=1S/C16H23FN2/c1-13-6-7-15(17)16(11-13)19-10-4-9-18-8-3-2-5-14(18)12-19/h6-7,11,14H,2-5,8-10,12H2,1H3. The molecule has 1 atom stereocenters. The quantitative estimate of drug-likeness (QED) is 0.767. The van der Waals surface area contributed by atoms with Crippen LogP contribution in [0.1, 0.15) is 31.2 Å². The van der Waals surface area contributed by atoms with Gasteiger partial charge in [-0.1, -0.05) is 12.5 Å². The molecule has 2 aliphatic heterocycles. The first-order valence-electron chi connectivity index (χ1n) is 7.49. The number of fused-ring (bicyclic) bond motifs is 1. The number of hydrogen-bond acceptors (Lipinski definition) is 2. The molecule has 19 heavy (non-hydrogen) atoms. The normalized spacial score (nSPS) is 24.9. The lowest BCUT2D eigenvalue weighted by atomic mass is 10.0. The zero-order valence-corrected chi connectivity index (χ0v) is 11.7. The zero-order valence-electron chi connectivity index (χ0n) is 11.7. The Morgan fingerprint density at radius 3 is 2.84 bits per heavy atom. The summed E-state index contributed by atoms with van der Waals surface area (Å²) in [6.45, 7) is 6.41. The average Bonchev–Trinajstić information content (AvgIpc) is 2.63. The highest BCUT2D eigenvalue weighted by Gasteiger charge is 2.27. The highest BCUT2D eigenvalue weighted by atomic mass is 19.1. The first-order chi connectivity index (χ1) is 9.24. The molecule has 0 spiro atoms. The fourth-order valence-electron chi connectivity index (χ4n) is 3.46.